The first-order chi connectivity index (χ1) is 10.8. The Bertz CT molecular complexity index is 372. The molecule has 2 aliphatic heterocycles. The van der Waals surface area contributed by atoms with Crippen molar-refractivity contribution in [3.8, 4) is 0 Å². The van der Waals surface area contributed by atoms with Crippen molar-refractivity contribution in [1.29, 1.82) is 0 Å². The quantitative estimate of drug-likeness (QED) is 0.230. The van der Waals surface area contributed by atoms with E-state index in [4.69, 9.17) is 24.4 Å². The van der Waals surface area contributed by atoms with Crippen molar-refractivity contribution in [2.24, 2.45) is 0 Å². The molecule has 0 bridgehead atoms. The fraction of sp³-hybridized carbons (Fsp3) is 1.00. The molecule has 0 saturated carbocycles. The van der Waals surface area contributed by atoms with Gasteiger partial charge in [-0.1, -0.05) is 0 Å². The molecule has 2 rings (SSSR count). The van der Waals surface area contributed by atoms with Crippen molar-refractivity contribution >= 4 is 0 Å². The van der Waals surface area contributed by atoms with E-state index in [9.17, 15) is 30.6 Å². The summed E-state index contributed by atoms with van der Waals surface area (Å²) in [6.07, 6.45) is -9.47. The van der Waals surface area contributed by atoms with E-state index in [2.05, 4.69) is 0 Å². The Morgan fingerprint density at radius 2 is 1.04 bits per heavy atom. The molecule has 0 unspecified atom stereocenters. The second-order valence-corrected chi connectivity index (χ2v) is 5.59. The van der Waals surface area contributed by atoms with Crippen LogP contribution in [-0.4, -0.2) is 115 Å². The molecule has 2 saturated heterocycles. The molecule has 11 heteroatoms. The SMILES string of the molecule is OC[C@H]1O[C@@](CO)(O[C@]2(CO)O[C@H](CO)[C@@H](O)[C@@H]2O)[C@@H](O)[C@@H]1O. The molecule has 23 heavy (non-hydrogen) atoms. The van der Waals surface area contributed by atoms with Crippen LogP contribution in [0.4, 0.5) is 0 Å². The molecule has 0 spiro atoms. The lowest BCUT2D eigenvalue weighted by molar-refractivity contribution is -0.393. The molecule has 136 valence electrons. The Morgan fingerprint density at radius 1 is 0.696 bits per heavy atom. The van der Waals surface area contributed by atoms with Crippen LogP contribution in [0.1, 0.15) is 0 Å². The molecular formula is C12H22O11. The Balaban J connectivity index is 2.30. The smallest absolute Gasteiger partial charge is 0.224 e. The van der Waals surface area contributed by atoms with Crippen LogP contribution in [0.2, 0.25) is 0 Å². The Hall–Kier alpha value is -0.440. The van der Waals surface area contributed by atoms with Crippen LogP contribution in [0.3, 0.4) is 0 Å². The van der Waals surface area contributed by atoms with Crippen molar-refractivity contribution in [3.05, 3.63) is 0 Å². The highest BCUT2D eigenvalue weighted by Gasteiger charge is 2.63. The number of aliphatic hydroxyl groups is 8. The number of rotatable bonds is 6. The van der Waals surface area contributed by atoms with E-state index in [1.165, 1.54) is 0 Å². The molecule has 0 aromatic carbocycles. The maximum atomic E-state index is 10.1. The number of ether oxygens (including phenoxy) is 3. The van der Waals surface area contributed by atoms with Gasteiger partial charge in [-0.3, -0.25) is 0 Å². The van der Waals surface area contributed by atoms with Crippen LogP contribution >= 0.6 is 0 Å². The minimum Gasteiger partial charge on any atom is -0.394 e. The van der Waals surface area contributed by atoms with Gasteiger partial charge in [-0.2, -0.15) is 0 Å². The largest absolute Gasteiger partial charge is 0.394 e. The molecule has 0 aromatic heterocycles. The molecule has 2 heterocycles. The molecule has 2 aliphatic rings. The lowest BCUT2D eigenvalue weighted by Crippen LogP contribution is -2.59. The summed E-state index contributed by atoms with van der Waals surface area (Å²) in [6, 6.07) is 0. The Morgan fingerprint density at radius 3 is 1.26 bits per heavy atom. The lowest BCUT2D eigenvalue weighted by atomic mass is 10.0. The van der Waals surface area contributed by atoms with Crippen molar-refractivity contribution in [2.45, 2.75) is 48.2 Å². The molecule has 8 N–H and O–H groups in total. The summed E-state index contributed by atoms with van der Waals surface area (Å²) in [4.78, 5) is 0. The average Bonchev–Trinajstić information content (AvgIpc) is 2.95. The minimum atomic E-state index is -2.32. The van der Waals surface area contributed by atoms with Gasteiger partial charge in [0.05, 0.1) is 13.2 Å². The number of aliphatic hydroxyl groups excluding tert-OH is 8. The van der Waals surface area contributed by atoms with E-state index in [1.807, 2.05) is 0 Å². The highest BCUT2D eigenvalue weighted by Crippen LogP contribution is 2.41. The van der Waals surface area contributed by atoms with Crippen LogP contribution in [0, 0.1) is 0 Å². The highest BCUT2D eigenvalue weighted by atomic mass is 16.8. The van der Waals surface area contributed by atoms with Gasteiger partial charge in [0.25, 0.3) is 0 Å². The maximum Gasteiger partial charge on any atom is 0.224 e. The average molecular weight is 342 g/mol. The summed E-state index contributed by atoms with van der Waals surface area (Å²) in [5.41, 5.74) is 0. The maximum absolute atomic E-state index is 10.1. The summed E-state index contributed by atoms with van der Waals surface area (Å²) in [5, 5.41) is 76.9. The first-order valence-corrected chi connectivity index (χ1v) is 7.02. The summed E-state index contributed by atoms with van der Waals surface area (Å²) < 4.78 is 15.6. The van der Waals surface area contributed by atoms with Crippen molar-refractivity contribution in [1.82, 2.24) is 0 Å². The van der Waals surface area contributed by atoms with Crippen LogP contribution in [0.15, 0.2) is 0 Å². The second-order valence-electron chi connectivity index (χ2n) is 5.59. The fourth-order valence-electron chi connectivity index (χ4n) is 2.80. The van der Waals surface area contributed by atoms with Gasteiger partial charge in [-0.05, 0) is 0 Å². The first kappa shape index (κ1) is 18.9. The summed E-state index contributed by atoms with van der Waals surface area (Å²) in [7, 11) is 0. The molecule has 0 aliphatic carbocycles. The molecule has 0 radical (unpaired) electrons. The molecule has 8 atom stereocenters. The predicted octanol–water partition coefficient (Wildman–Crippen LogP) is -5.39. The van der Waals surface area contributed by atoms with Crippen LogP contribution in [0.25, 0.3) is 0 Å². The topological polar surface area (TPSA) is 190 Å². The molecule has 11 nitrogen and oxygen atoms in total. The van der Waals surface area contributed by atoms with E-state index < -0.39 is 74.6 Å². The zero-order valence-electron chi connectivity index (χ0n) is 12.1. The monoisotopic (exact) mass is 342 g/mol. The van der Waals surface area contributed by atoms with Crippen molar-refractivity contribution in [3.63, 3.8) is 0 Å². The Kier molecular flexibility index (Phi) is 5.60. The third-order valence-electron chi connectivity index (χ3n) is 4.16. The van der Waals surface area contributed by atoms with E-state index in [0.717, 1.165) is 0 Å². The van der Waals surface area contributed by atoms with Gasteiger partial charge >= 0.3 is 0 Å². The lowest BCUT2D eigenvalue weighted by Gasteiger charge is -2.40. The van der Waals surface area contributed by atoms with E-state index >= 15 is 0 Å². The third-order valence-corrected chi connectivity index (χ3v) is 4.16. The van der Waals surface area contributed by atoms with Gasteiger partial charge in [-0.15, -0.1) is 0 Å². The summed E-state index contributed by atoms with van der Waals surface area (Å²) in [5.74, 6) is -4.64. The number of hydrogen-bond donors (Lipinski definition) is 8. The summed E-state index contributed by atoms with van der Waals surface area (Å²) >= 11 is 0. The van der Waals surface area contributed by atoms with Gasteiger partial charge in [0.2, 0.25) is 11.6 Å². The normalized spacial score (nSPS) is 50.6. The highest BCUT2D eigenvalue weighted by molar-refractivity contribution is 5.02. The van der Waals surface area contributed by atoms with Gasteiger partial charge in [0.1, 0.15) is 49.8 Å². The zero-order valence-corrected chi connectivity index (χ0v) is 12.1. The Labute approximate surface area is 130 Å². The molecule has 0 aromatic rings. The second kappa shape index (κ2) is 6.82. The minimum absolute atomic E-state index is 0.694. The van der Waals surface area contributed by atoms with Gasteiger partial charge in [0.15, 0.2) is 0 Å². The third kappa shape index (κ3) is 2.88. The predicted molar refractivity (Wildman–Crippen MR) is 68.7 cm³/mol. The van der Waals surface area contributed by atoms with Crippen molar-refractivity contribution in [2.75, 3.05) is 26.4 Å². The van der Waals surface area contributed by atoms with E-state index in [0.29, 0.717) is 0 Å². The van der Waals surface area contributed by atoms with Crippen LogP contribution in [0.5, 0.6) is 0 Å². The van der Waals surface area contributed by atoms with E-state index in [1.54, 1.807) is 0 Å². The zero-order chi connectivity index (χ0) is 17.4. The van der Waals surface area contributed by atoms with Crippen LogP contribution < -0.4 is 0 Å². The van der Waals surface area contributed by atoms with Gasteiger partial charge in [0, 0.05) is 0 Å². The summed E-state index contributed by atoms with van der Waals surface area (Å²) in [6.45, 7) is -3.42. The molecule has 0 amide bonds. The van der Waals surface area contributed by atoms with Crippen LogP contribution in [-0.2, 0) is 14.2 Å². The van der Waals surface area contributed by atoms with E-state index in [-0.39, 0.29) is 0 Å². The number of hydrogen-bond acceptors (Lipinski definition) is 11. The fourth-order valence-corrected chi connectivity index (χ4v) is 2.80. The van der Waals surface area contributed by atoms with Crippen molar-refractivity contribution < 1.29 is 55.1 Å². The first-order valence-electron chi connectivity index (χ1n) is 7.02. The molecular weight excluding hydrogens is 320 g/mol. The standard InChI is InChI=1S/C12H22O11/c13-1-5-7(17)9(19)11(3-15,21-5)23-12(4-16)10(20)8(18)6(2-14)22-12/h5-10,13-20H,1-4H2/t5-,6-,7-,8-,9+,10+,11+,12+/m1/s1. The van der Waals surface area contributed by atoms with Gasteiger partial charge < -0.3 is 55.1 Å². The molecule has 2 fully saturated rings. The van der Waals surface area contributed by atoms with Gasteiger partial charge in [-0.25, -0.2) is 0 Å².